The van der Waals surface area contributed by atoms with Crippen LogP contribution in [0.15, 0.2) is 33.2 Å². The number of hydrogen-bond donors (Lipinski definition) is 0. The molecule has 3 aromatic rings. The summed E-state index contributed by atoms with van der Waals surface area (Å²) >= 11 is 0. The van der Waals surface area contributed by atoms with Crippen LogP contribution in [0.1, 0.15) is 53.9 Å². The lowest BCUT2D eigenvalue weighted by molar-refractivity contribution is 0.0638. The van der Waals surface area contributed by atoms with Gasteiger partial charge >= 0.3 is 0 Å². The summed E-state index contributed by atoms with van der Waals surface area (Å²) in [5.74, 6) is 3.41. The maximum Gasteiger partial charge on any atom is 0.289 e. The van der Waals surface area contributed by atoms with E-state index in [1.807, 2.05) is 23.1 Å². The third-order valence-corrected chi connectivity index (χ3v) is 5.63. The summed E-state index contributed by atoms with van der Waals surface area (Å²) in [7, 11) is 1.62. The Morgan fingerprint density at radius 1 is 1.29 bits per heavy atom. The number of hydrogen-bond acceptors (Lipinski definition) is 6. The van der Waals surface area contributed by atoms with Crippen LogP contribution in [-0.2, 0) is 6.42 Å². The first-order valence-corrected chi connectivity index (χ1v) is 9.89. The average Bonchev–Trinajstić information content (AvgIpc) is 3.32. The molecule has 1 saturated carbocycles. The van der Waals surface area contributed by atoms with Crippen molar-refractivity contribution in [1.29, 1.82) is 0 Å². The fourth-order valence-electron chi connectivity index (χ4n) is 3.93. The molecule has 1 saturated heterocycles. The number of methoxy groups -OCH3 is 1. The van der Waals surface area contributed by atoms with Crippen LogP contribution >= 0.6 is 0 Å². The molecule has 0 N–H and O–H groups in total. The highest BCUT2D eigenvalue weighted by Gasteiger charge is 2.31. The number of piperidine rings is 1. The molecule has 1 aliphatic carbocycles. The maximum atomic E-state index is 13.0. The molecule has 0 spiro atoms. The topological polar surface area (TPSA) is 81.6 Å². The van der Waals surface area contributed by atoms with Crippen LogP contribution in [-0.4, -0.2) is 41.1 Å². The number of benzene rings is 1. The Balaban J connectivity index is 1.27. The molecule has 2 fully saturated rings. The molecule has 1 amide bonds. The predicted molar refractivity (Wildman–Crippen MR) is 101 cm³/mol. The van der Waals surface area contributed by atoms with Crippen molar-refractivity contribution in [3.8, 4) is 5.75 Å². The quantitative estimate of drug-likeness (QED) is 0.669. The van der Waals surface area contributed by atoms with E-state index < -0.39 is 0 Å². The van der Waals surface area contributed by atoms with Gasteiger partial charge in [0.1, 0.15) is 11.3 Å². The number of rotatable bonds is 5. The van der Waals surface area contributed by atoms with Gasteiger partial charge in [-0.3, -0.25) is 4.79 Å². The van der Waals surface area contributed by atoms with Gasteiger partial charge < -0.3 is 18.6 Å². The minimum absolute atomic E-state index is 0.0657. The molecule has 2 aliphatic rings. The van der Waals surface area contributed by atoms with Gasteiger partial charge in [0, 0.05) is 30.8 Å². The Hall–Kier alpha value is -2.83. The van der Waals surface area contributed by atoms with Crippen molar-refractivity contribution in [3.05, 3.63) is 41.7 Å². The summed E-state index contributed by atoms with van der Waals surface area (Å²) in [6.07, 6.45) is 5.07. The van der Waals surface area contributed by atoms with Crippen molar-refractivity contribution in [2.75, 3.05) is 20.2 Å². The van der Waals surface area contributed by atoms with E-state index >= 15 is 0 Å². The molecule has 1 atom stereocenters. The predicted octanol–water partition coefficient (Wildman–Crippen LogP) is 3.80. The van der Waals surface area contributed by atoms with Gasteiger partial charge in [0.25, 0.3) is 5.91 Å². The molecular weight excluding hydrogens is 358 g/mol. The number of fused-ring (bicyclic) bond motifs is 1. The fraction of sp³-hybridized carbons (Fsp3) is 0.476. The molecule has 1 unspecified atom stereocenters. The fourth-order valence-corrected chi connectivity index (χ4v) is 3.93. The molecule has 7 heteroatoms. The Morgan fingerprint density at radius 3 is 3.00 bits per heavy atom. The Kier molecular flexibility index (Phi) is 4.30. The molecule has 1 aromatic carbocycles. The highest BCUT2D eigenvalue weighted by molar-refractivity contribution is 5.96. The minimum atomic E-state index is -0.0657. The number of ether oxygens (including phenoxy) is 1. The zero-order chi connectivity index (χ0) is 19.1. The van der Waals surface area contributed by atoms with Crippen LogP contribution in [0.3, 0.4) is 0 Å². The molecule has 2 aromatic heterocycles. The first kappa shape index (κ1) is 17.3. The summed E-state index contributed by atoms with van der Waals surface area (Å²) in [4.78, 5) is 19.4. The molecule has 3 heterocycles. The smallest absolute Gasteiger partial charge is 0.289 e. The van der Waals surface area contributed by atoms with Gasteiger partial charge in [0.05, 0.1) is 7.11 Å². The van der Waals surface area contributed by atoms with Crippen LogP contribution in [0, 0.1) is 5.92 Å². The minimum Gasteiger partial charge on any atom is -0.497 e. The maximum absolute atomic E-state index is 13.0. The first-order valence-electron chi connectivity index (χ1n) is 9.89. The second kappa shape index (κ2) is 6.96. The highest BCUT2D eigenvalue weighted by Crippen LogP contribution is 2.38. The lowest BCUT2D eigenvalue weighted by atomic mass is 9.94. The number of carbonyl (C=O) groups is 1. The first-order chi connectivity index (χ1) is 13.7. The SMILES string of the molecule is COc1ccc2oc(C(=O)N3CCCC(Cc4nc(C5CC5)no4)C3)cc2c1. The normalized spacial score (nSPS) is 19.9. The third-order valence-electron chi connectivity index (χ3n) is 5.63. The average molecular weight is 381 g/mol. The van der Waals surface area contributed by atoms with Gasteiger partial charge in [-0.15, -0.1) is 0 Å². The van der Waals surface area contributed by atoms with Crippen molar-refractivity contribution in [3.63, 3.8) is 0 Å². The Morgan fingerprint density at radius 2 is 2.18 bits per heavy atom. The zero-order valence-electron chi connectivity index (χ0n) is 15.9. The number of carbonyl (C=O) groups excluding carboxylic acids is 1. The molecule has 5 rings (SSSR count). The third kappa shape index (κ3) is 3.37. The number of nitrogens with zero attached hydrogens (tertiary/aromatic N) is 3. The second-order valence-electron chi connectivity index (χ2n) is 7.80. The number of aromatic nitrogens is 2. The van der Waals surface area contributed by atoms with E-state index in [2.05, 4.69) is 10.1 Å². The van der Waals surface area contributed by atoms with Crippen LogP contribution < -0.4 is 4.74 Å². The molecular formula is C21H23N3O4. The van der Waals surface area contributed by atoms with Gasteiger partial charge in [-0.05, 0) is 55.9 Å². The van der Waals surface area contributed by atoms with Gasteiger partial charge in [-0.1, -0.05) is 5.16 Å². The summed E-state index contributed by atoms with van der Waals surface area (Å²) in [6.45, 7) is 1.42. The van der Waals surface area contributed by atoms with Crippen LogP contribution in [0.2, 0.25) is 0 Å². The van der Waals surface area contributed by atoms with E-state index in [1.165, 1.54) is 0 Å². The summed E-state index contributed by atoms with van der Waals surface area (Å²) < 4.78 is 16.4. The van der Waals surface area contributed by atoms with E-state index in [1.54, 1.807) is 13.2 Å². The van der Waals surface area contributed by atoms with Crippen LogP contribution in [0.5, 0.6) is 5.75 Å². The van der Waals surface area contributed by atoms with E-state index in [4.69, 9.17) is 13.7 Å². The summed E-state index contributed by atoms with van der Waals surface area (Å²) in [5.41, 5.74) is 0.691. The zero-order valence-corrected chi connectivity index (χ0v) is 15.9. The number of furan rings is 1. The second-order valence-corrected chi connectivity index (χ2v) is 7.80. The van der Waals surface area contributed by atoms with Gasteiger partial charge in [-0.2, -0.15) is 4.98 Å². The van der Waals surface area contributed by atoms with Crippen molar-refractivity contribution in [2.45, 2.75) is 38.0 Å². The van der Waals surface area contributed by atoms with Crippen LogP contribution in [0.4, 0.5) is 0 Å². The molecule has 1 aliphatic heterocycles. The Labute approximate surface area is 162 Å². The molecule has 0 bridgehead atoms. The summed E-state index contributed by atoms with van der Waals surface area (Å²) in [5, 5.41) is 4.96. The molecule has 146 valence electrons. The lowest BCUT2D eigenvalue weighted by Crippen LogP contribution is -2.40. The summed E-state index contributed by atoms with van der Waals surface area (Å²) in [6, 6.07) is 7.33. The molecule has 0 radical (unpaired) electrons. The standard InChI is InChI=1S/C21H23N3O4/c1-26-16-6-7-17-15(10-16)11-18(27-17)21(25)24-8-2-3-13(12-24)9-19-22-20(23-28-19)14-4-5-14/h6-7,10-11,13-14H,2-5,8-9,12H2,1H3. The van der Waals surface area contributed by atoms with E-state index in [0.29, 0.717) is 35.6 Å². The van der Waals surface area contributed by atoms with Crippen molar-refractivity contribution >= 4 is 16.9 Å². The van der Waals surface area contributed by atoms with E-state index in [-0.39, 0.29) is 5.91 Å². The molecule has 28 heavy (non-hydrogen) atoms. The van der Waals surface area contributed by atoms with Crippen molar-refractivity contribution in [1.82, 2.24) is 15.0 Å². The van der Waals surface area contributed by atoms with Crippen molar-refractivity contribution in [2.24, 2.45) is 5.92 Å². The number of likely N-dealkylation sites (tertiary alicyclic amines) is 1. The van der Waals surface area contributed by atoms with Crippen LogP contribution in [0.25, 0.3) is 11.0 Å². The van der Waals surface area contributed by atoms with E-state index in [9.17, 15) is 4.79 Å². The highest BCUT2D eigenvalue weighted by atomic mass is 16.5. The van der Waals surface area contributed by atoms with Gasteiger partial charge in [0.2, 0.25) is 5.89 Å². The molecule has 7 nitrogen and oxygen atoms in total. The Bertz CT molecular complexity index is 1000. The monoisotopic (exact) mass is 381 g/mol. The van der Waals surface area contributed by atoms with Gasteiger partial charge in [0.15, 0.2) is 11.6 Å². The van der Waals surface area contributed by atoms with Gasteiger partial charge in [-0.25, -0.2) is 0 Å². The van der Waals surface area contributed by atoms with E-state index in [0.717, 1.165) is 55.6 Å². The number of amides is 1. The largest absolute Gasteiger partial charge is 0.497 e. The lowest BCUT2D eigenvalue weighted by Gasteiger charge is -2.31. The van der Waals surface area contributed by atoms with Crippen molar-refractivity contribution < 1.29 is 18.5 Å².